The topological polar surface area (TPSA) is 66.6 Å². The van der Waals surface area contributed by atoms with Gasteiger partial charge in [-0.25, -0.2) is 18.6 Å². The van der Waals surface area contributed by atoms with Gasteiger partial charge in [-0.2, -0.15) is 0 Å². The summed E-state index contributed by atoms with van der Waals surface area (Å²) in [5, 5.41) is 9.19. The van der Waals surface area contributed by atoms with E-state index in [0.29, 0.717) is 5.56 Å². The summed E-state index contributed by atoms with van der Waals surface area (Å²) >= 11 is 0. The fourth-order valence-corrected chi connectivity index (χ4v) is 2.01. The predicted octanol–water partition coefficient (Wildman–Crippen LogP) is 1.81. The molecule has 0 radical (unpaired) electrons. The lowest BCUT2D eigenvalue weighted by molar-refractivity contribution is -0.0518. The minimum atomic E-state index is -2.90. The molecule has 6 heteroatoms. The van der Waals surface area contributed by atoms with Crippen molar-refractivity contribution in [3.8, 4) is 0 Å². The molecule has 3 N–H and O–H groups in total. The lowest BCUT2D eigenvalue weighted by atomic mass is 10.1. The highest BCUT2D eigenvalue weighted by molar-refractivity contribution is 5.70. The second kappa shape index (κ2) is 3.96. The minimum Gasteiger partial charge on any atom is -0.350 e. The van der Waals surface area contributed by atoms with Crippen molar-refractivity contribution in [3.05, 3.63) is 35.9 Å². The van der Waals surface area contributed by atoms with Gasteiger partial charge in [-0.3, -0.25) is 5.21 Å². The Morgan fingerprint density at radius 2 is 2.00 bits per heavy atom. The van der Waals surface area contributed by atoms with Gasteiger partial charge in [0.15, 0.2) is 0 Å². The van der Waals surface area contributed by atoms with Crippen molar-refractivity contribution in [2.24, 2.45) is 11.7 Å². The average Bonchev–Trinajstić information content (AvgIpc) is 2.81. The van der Waals surface area contributed by atoms with Crippen molar-refractivity contribution < 1.29 is 18.8 Å². The highest BCUT2D eigenvalue weighted by Gasteiger charge is 2.69. The highest BCUT2D eigenvalue weighted by Crippen LogP contribution is 2.61. The zero-order valence-electron chi connectivity index (χ0n) is 8.88. The van der Waals surface area contributed by atoms with Gasteiger partial charge in [-0.05, 0) is 5.56 Å². The Balaban J connectivity index is 2.09. The van der Waals surface area contributed by atoms with E-state index in [1.54, 1.807) is 30.3 Å². The number of nitrogens with zero attached hydrogens (tertiary/aromatic N) is 1. The number of nitrogens with two attached hydrogens (primary N) is 1. The summed E-state index contributed by atoms with van der Waals surface area (Å²) in [4.78, 5) is 10.6. The summed E-state index contributed by atoms with van der Waals surface area (Å²) in [6, 6.07) is 7.16. The second-order valence-corrected chi connectivity index (χ2v) is 4.09. The van der Waals surface area contributed by atoms with E-state index in [1.807, 2.05) is 0 Å². The lowest BCUT2D eigenvalue weighted by Gasteiger charge is -2.10. The monoisotopic (exact) mass is 242 g/mol. The molecule has 4 nitrogen and oxygen atoms in total. The van der Waals surface area contributed by atoms with Gasteiger partial charge in [0.05, 0.1) is 18.4 Å². The molecule has 1 aliphatic rings. The molecular weight excluding hydrogens is 230 g/mol. The Morgan fingerprint density at radius 1 is 1.41 bits per heavy atom. The maximum absolute atomic E-state index is 13.5. The average molecular weight is 242 g/mol. The molecule has 92 valence electrons. The van der Waals surface area contributed by atoms with Crippen LogP contribution in [0.1, 0.15) is 11.5 Å². The molecule has 1 aromatic rings. The molecule has 0 bridgehead atoms. The quantitative estimate of drug-likeness (QED) is 0.627. The van der Waals surface area contributed by atoms with Crippen LogP contribution >= 0.6 is 0 Å². The first-order chi connectivity index (χ1) is 7.94. The molecule has 2 atom stereocenters. The molecule has 1 saturated carbocycles. The number of benzene rings is 1. The summed E-state index contributed by atoms with van der Waals surface area (Å²) in [5.74, 6) is -4.95. The third kappa shape index (κ3) is 2.08. The van der Waals surface area contributed by atoms with Gasteiger partial charge in [0.1, 0.15) is 0 Å². The zero-order valence-corrected chi connectivity index (χ0v) is 8.88. The van der Waals surface area contributed by atoms with Gasteiger partial charge in [0.2, 0.25) is 0 Å². The maximum atomic E-state index is 13.5. The molecule has 1 aromatic carbocycles. The van der Waals surface area contributed by atoms with Crippen LogP contribution in [0.25, 0.3) is 0 Å². The molecule has 0 spiro atoms. The van der Waals surface area contributed by atoms with E-state index in [-0.39, 0.29) is 5.06 Å². The molecule has 2 rings (SSSR count). The summed E-state index contributed by atoms with van der Waals surface area (Å²) < 4.78 is 27.0. The zero-order chi connectivity index (χ0) is 12.6. The fourth-order valence-electron chi connectivity index (χ4n) is 2.01. The number of alkyl halides is 2. The van der Waals surface area contributed by atoms with Crippen LogP contribution in [0, 0.1) is 5.92 Å². The second-order valence-electron chi connectivity index (χ2n) is 4.09. The molecule has 17 heavy (non-hydrogen) atoms. The van der Waals surface area contributed by atoms with E-state index >= 15 is 0 Å². The van der Waals surface area contributed by atoms with Gasteiger partial charge in [-0.15, -0.1) is 0 Å². The molecule has 0 aromatic heterocycles. The van der Waals surface area contributed by atoms with Crippen molar-refractivity contribution in [1.82, 2.24) is 5.06 Å². The van der Waals surface area contributed by atoms with E-state index in [1.165, 1.54) is 0 Å². The Kier molecular flexibility index (Phi) is 2.74. The number of carbonyl (C=O) groups is 1. The molecular formula is C11H12F2N2O2. The summed E-state index contributed by atoms with van der Waals surface area (Å²) in [5.41, 5.74) is 5.28. The van der Waals surface area contributed by atoms with Gasteiger partial charge < -0.3 is 5.73 Å². The number of hydrogen-bond acceptors (Lipinski definition) is 2. The number of hydrogen-bond donors (Lipinski definition) is 2. The van der Waals surface area contributed by atoms with Gasteiger partial charge in [-0.1, -0.05) is 30.3 Å². The largest absolute Gasteiger partial charge is 0.350 e. The van der Waals surface area contributed by atoms with Crippen molar-refractivity contribution in [2.75, 3.05) is 6.54 Å². The first-order valence-corrected chi connectivity index (χ1v) is 5.13. The minimum absolute atomic E-state index is 0.127. The van der Waals surface area contributed by atoms with Gasteiger partial charge in [0, 0.05) is 0 Å². The van der Waals surface area contributed by atoms with Crippen molar-refractivity contribution in [1.29, 1.82) is 0 Å². The van der Waals surface area contributed by atoms with Crippen LogP contribution < -0.4 is 5.73 Å². The van der Waals surface area contributed by atoms with Crippen LogP contribution in [0.5, 0.6) is 0 Å². The summed E-state index contributed by atoms with van der Waals surface area (Å²) in [7, 11) is 0. The number of halogens is 2. The van der Waals surface area contributed by atoms with E-state index < -0.39 is 30.3 Å². The third-order valence-electron chi connectivity index (χ3n) is 2.98. The number of hydroxylamine groups is 2. The molecule has 1 unspecified atom stereocenters. The Morgan fingerprint density at radius 3 is 2.53 bits per heavy atom. The number of carbonyl (C=O) groups excluding carboxylic acids is 1. The van der Waals surface area contributed by atoms with Crippen molar-refractivity contribution >= 4 is 6.03 Å². The molecule has 1 fully saturated rings. The third-order valence-corrected chi connectivity index (χ3v) is 2.98. The number of rotatable bonds is 3. The fraction of sp³-hybridized carbons (Fsp3) is 0.364. The standard InChI is InChI=1S/C11H12F2N2O2/c12-11(13)8(6-15(17)10(14)16)9(11)7-4-2-1-3-5-7/h1-5,8-9,17H,6H2,(H2,14,16)/t8-,9?/m1/s1. The predicted molar refractivity (Wildman–Crippen MR) is 55.7 cm³/mol. The van der Waals surface area contributed by atoms with Crippen LogP contribution in [-0.2, 0) is 0 Å². The van der Waals surface area contributed by atoms with Crippen LogP contribution in [-0.4, -0.2) is 28.8 Å². The Labute approximate surface area is 96.6 Å². The molecule has 0 aliphatic heterocycles. The Hall–Kier alpha value is -1.69. The molecule has 0 heterocycles. The van der Waals surface area contributed by atoms with Gasteiger partial charge in [0.25, 0.3) is 5.92 Å². The number of urea groups is 1. The van der Waals surface area contributed by atoms with E-state index in [0.717, 1.165) is 0 Å². The van der Waals surface area contributed by atoms with Crippen LogP contribution in [0.3, 0.4) is 0 Å². The first kappa shape index (κ1) is 11.8. The molecule has 1 aliphatic carbocycles. The Bertz CT molecular complexity index is 425. The van der Waals surface area contributed by atoms with Crippen molar-refractivity contribution in [3.63, 3.8) is 0 Å². The molecule has 2 amide bonds. The molecule has 0 saturated heterocycles. The number of primary amides is 1. The van der Waals surface area contributed by atoms with Crippen molar-refractivity contribution in [2.45, 2.75) is 11.8 Å². The van der Waals surface area contributed by atoms with Crippen LogP contribution in [0.2, 0.25) is 0 Å². The van der Waals surface area contributed by atoms with E-state index in [2.05, 4.69) is 0 Å². The SMILES string of the molecule is NC(=O)N(O)C[C@@H]1C(c2ccccc2)C1(F)F. The van der Waals surface area contributed by atoms with Crippen LogP contribution in [0.4, 0.5) is 13.6 Å². The van der Waals surface area contributed by atoms with Gasteiger partial charge >= 0.3 is 6.03 Å². The van der Waals surface area contributed by atoms with E-state index in [4.69, 9.17) is 10.9 Å². The smallest absolute Gasteiger partial charge is 0.338 e. The first-order valence-electron chi connectivity index (χ1n) is 5.13. The van der Waals surface area contributed by atoms with E-state index in [9.17, 15) is 13.6 Å². The van der Waals surface area contributed by atoms with Crippen LogP contribution in [0.15, 0.2) is 30.3 Å². The normalized spacial score (nSPS) is 25.4. The summed E-state index contributed by atoms with van der Waals surface area (Å²) in [6.07, 6.45) is 0. The summed E-state index contributed by atoms with van der Waals surface area (Å²) in [6.45, 7) is -0.456. The highest BCUT2D eigenvalue weighted by atomic mass is 19.3. The maximum Gasteiger partial charge on any atom is 0.338 e. The lowest BCUT2D eigenvalue weighted by Crippen LogP contribution is -2.35. The number of amides is 2.